The number of rotatable bonds is 3. The predicted octanol–water partition coefficient (Wildman–Crippen LogP) is 2.24. The molecular weight excluding hydrogens is 280 g/mol. The molecule has 0 bridgehead atoms. The third kappa shape index (κ3) is 2.65. The van der Waals surface area contributed by atoms with Gasteiger partial charge in [0.15, 0.2) is 0 Å². The molecule has 6 heteroatoms. The molecule has 118 valence electrons. The minimum atomic E-state index is -0.0478. The minimum absolute atomic E-state index is 0.0297. The van der Waals surface area contributed by atoms with E-state index >= 15 is 0 Å². The summed E-state index contributed by atoms with van der Waals surface area (Å²) in [6.45, 7) is 8.43. The molecule has 0 fully saturated rings. The van der Waals surface area contributed by atoms with E-state index in [-0.39, 0.29) is 17.9 Å². The van der Waals surface area contributed by atoms with Gasteiger partial charge < -0.3 is 14.3 Å². The minimum Gasteiger partial charge on any atom is -0.466 e. The highest BCUT2D eigenvalue weighted by Gasteiger charge is 2.28. The summed E-state index contributed by atoms with van der Waals surface area (Å²) < 4.78 is 7.59. The Morgan fingerprint density at radius 3 is 2.86 bits per heavy atom. The molecule has 2 aromatic heterocycles. The topological polar surface area (TPSA) is 73.0 Å². The molecule has 3 rings (SSSR count). The van der Waals surface area contributed by atoms with E-state index in [1.54, 1.807) is 0 Å². The number of carbonyl (C=O) groups is 1. The summed E-state index contributed by atoms with van der Waals surface area (Å²) in [7, 11) is 0. The van der Waals surface area contributed by atoms with Crippen LogP contribution in [0.15, 0.2) is 10.5 Å². The van der Waals surface area contributed by atoms with Gasteiger partial charge in [0.05, 0.1) is 12.0 Å². The number of carbonyl (C=O) groups excluding carboxylic acids is 1. The van der Waals surface area contributed by atoms with Crippen LogP contribution in [0.25, 0.3) is 0 Å². The van der Waals surface area contributed by atoms with Gasteiger partial charge in [-0.05, 0) is 40.2 Å². The van der Waals surface area contributed by atoms with Crippen molar-refractivity contribution >= 4 is 5.91 Å². The van der Waals surface area contributed by atoms with E-state index in [9.17, 15) is 4.79 Å². The molecule has 1 amide bonds. The van der Waals surface area contributed by atoms with Gasteiger partial charge in [-0.2, -0.15) is 0 Å². The molecule has 0 saturated heterocycles. The third-order valence-electron chi connectivity index (χ3n) is 4.41. The molecule has 1 N–H and O–H groups in total. The summed E-state index contributed by atoms with van der Waals surface area (Å²) in [4.78, 5) is 12.5. The Hall–Kier alpha value is -2.11. The highest BCUT2D eigenvalue weighted by molar-refractivity contribution is 5.79. The van der Waals surface area contributed by atoms with Crippen molar-refractivity contribution in [2.75, 3.05) is 0 Å². The molecule has 2 atom stereocenters. The molecule has 1 aliphatic heterocycles. The number of hydrogen-bond acceptors (Lipinski definition) is 4. The van der Waals surface area contributed by atoms with Gasteiger partial charge in [-0.3, -0.25) is 4.79 Å². The number of nitrogens with one attached hydrogen (secondary N) is 1. The van der Waals surface area contributed by atoms with E-state index < -0.39 is 0 Å². The van der Waals surface area contributed by atoms with E-state index in [4.69, 9.17) is 4.42 Å². The van der Waals surface area contributed by atoms with Crippen molar-refractivity contribution in [2.45, 2.75) is 53.1 Å². The Morgan fingerprint density at radius 2 is 2.18 bits per heavy atom. The van der Waals surface area contributed by atoms with Crippen LogP contribution in [0.2, 0.25) is 0 Å². The quantitative estimate of drug-likeness (QED) is 0.943. The van der Waals surface area contributed by atoms with Gasteiger partial charge in [0.1, 0.15) is 23.2 Å². The molecule has 0 spiro atoms. The largest absolute Gasteiger partial charge is 0.466 e. The lowest BCUT2D eigenvalue weighted by atomic mass is 9.97. The summed E-state index contributed by atoms with van der Waals surface area (Å²) in [5, 5.41) is 11.3. The van der Waals surface area contributed by atoms with E-state index in [2.05, 4.69) is 15.5 Å². The normalized spacial score (nSPS) is 18.8. The van der Waals surface area contributed by atoms with Crippen molar-refractivity contribution in [2.24, 2.45) is 5.92 Å². The molecule has 22 heavy (non-hydrogen) atoms. The first-order valence-corrected chi connectivity index (χ1v) is 7.71. The van der Waals surface area contributed by atoms with E-state index in [1.807, 2.05) is 38.3 Å². The van der Waals surface area contributed by atoms with Crippen LogP contribution in [0.5, 0.6) is 0 Å². The van der Waals surface area contributed by atoms with Crippen molar-refractivity contribution in [3.05, 3.63) is 34.8 Å². The molecular formula is C16H22N4O2. The first kappa shape index (κ1) is 14.8. The van der Waals surface area contributed by atoms with Gasteiger partial charge in [-0.15, -0.1) is 10.2 Å². The van der Waals surface area contributed by atoms with Gasteiger partial charge in [-0.1, -0.05) is 0 Å². The van der Waals surface area contributed by atoms with Crippen LogP contribution in [-0.4, -0.2) is 20.7 Å². The maximum absolute atomic E-state index is 12.5. The van der Waals surface area contributed by atoms with Crippen molar-refractivity contribution in [1.82, 2.24) is 20.1 Å². The average Bonchev–Trinajstić information content (AvgIpc) is 3.01. The average molecular weight is 302 g/mol. The third-order valence-corrected chi connectivity index (χ3v) is 4.41. The lowest BCUT2D eigenvalue weighted by molar-refractivity contribution is -0.126. The van der Waals surface area contributed by atoms with E-state index in [0.29, 0.717) is 6.54 Å². The van der Waals surface area contributed by atoms with Crippen LogP contribution in [0.3, 0.4) is 0 Å². The zero-order chi connectivity index (χ0) is 15.9. The van der Waals surface area contributed by atoms with Crippen LogP contribution >= 0.6 is 0 Å². The van der Waals surface area contributed by atoms with Crippen molar-refractivity contribution in [1.29, 1.82) is 0 Å². The number of fused-ring (bicyclic) bond motifs is 1. The van der Waals surface area contributed by atoms with Gasteiger partial charge in [0.25, 0.3) is 0 Å². The van der Waals surface area contributed by atoms with Gasteiger partial charge in [-0.25, -0.2) is 0 Å². The lowest BCUT2D eigenvalue weighted by Crippen LogP contribution is -2.37. The predicted molar refractivity (Wildman–Crippen MR) is 81.3 cm³/mol. The van der Waals surface area contributed by atoms with Crippen LogP contribution in [0.1, 0.15) is 48.1 Å². The standard InChI is InChI=1S/C16H22N4O2/c1-9-7-14(11(3)22-9)10(2)17-16(21)13-5-6-15-19-18-12(4)20(15)8-13/h7,10,13H,5-6,8H2,1-4H3,(H,17,21). The molecule has 1 aliphatic rings. The molecule has 6 nitrogen and oxygen atoms in total. The summed E-state index contributed by atoms with van der Waals surface area (Å²) >= 11 is 0. The highest BCUT2D eigenvalue weighted by atomic mass is 16.3. The molecule has 3 heterocycles. The van der Waals surface area contributed by atoms with Gasteiger partial charge >= 0.3 is 0 Å². The Balaban J connectivity index is 1.68. The maximum Gasteiger partial charge on any atom is 0.225 e. The first-order valence-electron chi connectivity index (χ1n) is 7.71. The van der Waals surface area contributed by atoms with Crippen molar-refractivity contribution < 1.29 is 9.21 Å². The second kappa shape index (κ2) is 5.59. The Morgan fingerprint density at radius 1 is 1.41 bits per heavy atom. The summed E-state index contributed by atoms with van der Waals surface area (Å²) in [6, 6.07) is 1.94. The summed E-state index contributed by atoms with van der Waals surface area (Å²) in [5.41, 5.74) is 1.04. The second-order valence-electron chi connectivity index (χ2n) is 6.11. The fourth-order valence-electron chi connectivity index (χ4n) is 3.17. The van der Waals surface area contributed by atoms with Gasteiger partial charge in [0.2, 0.25) is 5.91 Å². The maximum atomic E-state index is 12.5. The zero-order valence-electron chi connectivity index (χ0n) is 13.5. The van der Waals surface area contributed by atoms with Crippen LogP contribution in [0, 0.1) is 26.7 Å². The number of furan rings is 1. The Labute approximate surface area is 129 Å². The fourth-order valence-corrected chi connectivity index (χ4v) is 3.17. The van der Waals surface area contributed by atoms with Crippen molar-refractivity contribution in [3.63, 3.8) is 0 Å². The van der Waals surface area contributed by atoms with Gasteiger partial charge in [0, 0.05) is 18.5 Å². The van der Waals surface area contributed by atoms with Crippen LogP contribution in [-0.2, 0) is 17.8 Å². The Kier molecular flexibility index (Phi) is 3.76. The number of aromatic nitrogens is 3. The summed E-state index contributed by atoms with van der Waals surface area (Å²) in [6.07, 6.45) is 1.62. The number of amides is 1. The monoisotopic (exact) mass is 302 g/mol. The second-order valence-corrected chi connectivity index (χ2v) is 6.11. The fraction of sp³-hybridized carbons (Fsp3) is 0.562. The number of aryl methyl sites for hydroxylation is 4. The lowest BCUT2D eigenvalue weighted by Gasteiger charge is -2.24. The van der Waals surface area contributed by atoms with Crippen LogP contribution in [0.4, 0.5) is 0 Å². The molecule has 0 radical (unpaired) electrons. The van der Waals surface area contributed by atoms with Crippen molar-refractivity contribution in [3.8, 4) is 0 Å². The number of hydrogen-bond donors (Lipinski definition) is 1. The zero-order valence-corrected chi connectivity index (χ0v) is 13.5. The highest BCUT2D eigenvalue weighted by Crippen LogP contribution is 2.24. The van der Waals surface area contributed by atoms with Crippen LogP contribution < -0.4 is 5.32 Å². The van der Waals surface area contributed by atoms with E-state index in [1.165, 1.54) is 0 Å². The molecule has 0 aliphatic carbocycles. The first-order chi connectivity index (χ1) is 10.5. The molecule has 0 saturated carbocycles. The van der Waals surface area contributed by atoms with E-state index in [0.717, 1.165) is 41.6 Å². The SMILES string of the molecule is Cc1cc(C(C)NC(=O)C2CCc3nnc(C)n3C2)c(C)o1. The molecule has 2 unspecified atom stereocenters. The Bertz CT molecular complexity index is 701. The summed E-state index contributed by atoms with van der Waals surface area (Å²) in [5.74, 6) is 3.65. The molecule has 2 aromatic rings. The number of nitrogens with zero attached hydrogens (tertiary/aromatic N) is 3. The molecule has 0 aromatic carbocycles. The smallest absolute Gasteiger partial charge is 0.225 e.